The van der Waals surface area contributed by atoms with Crippen molar-refractivity contribution >= 4 is 43.5 Å². The molecule has 2 amide bonds. The predicted molar refractivity (Wildman–Crippen MR) is 154 cm³/mol. The Labute approximate surface area is 234 Å². The lowest BCUT2D eigenvalue weighted by atomic mass is 10.1. The number of halogens is 1. The Kier molecular flexibility index (Phi) is 9.73. The van der Waals surface area contributed by atoms with Crippen molar-refractivity contribution in [3.8, 4) is 0 Å². The maximum Gasteiger partial charge on any atom is 0.264 e. The summed E-state index contributed by atoms with van der Waals surface area (Å²) in [7, 11) is -4.08. The van der Waals surface area contributed by atoms with E-state index in [0.717, 1.165) is 25.5 Å². The molecule has 202 valence electrons. The summed E-state index contributed by atoms with van der Waals surface area (Å²) in [4.78, 5) is 28.4. The lowest BCUT2D eigenvalue weighted by Crippen LogP contribution is -2.52. The number of carbonyl (C=O) groups excluding carboxylic acids is 2. The lowest BCUT2D eigenvalue weighted by Gasteiger charge is -2.32. The Hall–Kier alpha value is -3.17. The highest BCUT2D eigenvalue weighted by atomic mass is 79.9. The first-order valence-electron chi connectivity index (χ1n) is 12.4. The molecule has 0 aliphatic carbocycles. The van der Waals surface area contributed by atoms with Gasteiger partial charge >= 0.3 is 0 Å². The monoisotopic (exact) mass is 599 g/mol. The normalized spacial score (nSPS) is 12.2. The molecule has 0 aliphatic rings. The average molecular weight is 601 g/mol. The van der Waals surface area contributed by atoms with Crippen molar-refractivity contribution in [1.29, 1.82) is 0 Å². The Balaban J connectivity index is 2.05. The Bertz CT molecular complexity index is 1390. The van der Waals surface area contributed by atoms with E-state index in [-0.39, 0.29) is 23.4 Å². The Morgan fingerprint density at radius 2 is 1.58 bits per heavy atom. The molecule has 38 heavy (non-hydrogen) atoms. The van der Waals surface area contributed by atoms with Crippen molar-refractivity contribution in [2.24, 2.45) is 0 Å². The topological polar surface area (TPSA) is 86.8 Å². The summed E-state index contributed by atoms with van der Waals surface area (Å²) in [5.41, 5.74) is 3.10. The van der Waals surface area contributed by atoms with Crippen LogP contribution in [0.5, 0.6) is 0 Å². The van der Waals surface area contributed by atoms with Crippen LogP contribution in [0.1, 0.15) is 37.5 Å². The van der Waals surface area contributed by atoms with E-state index in [1.54, 1.807) is 37.3 Å². The van der Waals surface area contributed by atoms with Gasteiger partial charge in [0.25, 0.3) is 10.0 Å². The Morgan fingerprint density at radius 1 is 0.895 bits per heavy atom. The Morgan fingerprint density at radius 3 is 2.18 bits per heavy atom. The fraction of sp³-hybridized carbons (Fsp3) is 0.310. The van der Waals surface area contributed by atoms with Crippen molar-refractivity contribution in [2.75, 3.05) is 10.8 Å². The zero-order valence-electron chi connectivity index (χ0n) is 22.3. The maximum atomic E-state index is 13.9. The molecule has 0 bridgehead atoms. The number of carbonyl (C=O) groups is 2. The van der Waals surface area contributed by atoms with E-state index in [1.807, 2.05) is 58.0 Å². The third-order valence-corrected chi connectivity index (χ3v) is 8.51. The maximum absolute atomic E-state index is 13.9. The number of aryl methyl sites for hydroxylation is 2. The van der Waals surface area contributed by atoms with Gasteiger partial charge in [0.2, 0.25) is 11.8 Å². The molecule has 0 fully saturated rings. The SMILES string of the molecule is Cc1ccc(N(CC(=O)N(Cc2cccc(Br)c2)[C@@H](C)C(=O)NC(C)C)S(=O)(=O)c2ccccc2)cc1C. The number of hydrogen-bond donors (Lipinski definition) is 1. The van der Waals surface area contributed by atoms with Gasteiger partial charge in [-0.15, -0.1) is 0 Å². The van der Waals surface area contributed by atoms with Gasteiger partial charge in [-0.2, -0.15) is 0 Å². The van der Waals surface area contributed by atoms with Crippen LogP contribution in [0.3, 0.4) is 0 Å². The third kappa shape index (κ3) is 7.23. The highest BCUT2D eigenvalue weighted by Crippen LogP contribution is 2.26. The first kappa shape index (κ1) is 29.4. The minimum absolute atomic E-state index is 0.0789. The van der Waals surface area contributed by atoms with Crippen LogP contribution in [0.25, 0.3) is 0 Å². The number of nitrogens with one attached hydrogen (secondary N) is 1. The molecule has 0 heterocycles. The van der Waals surface area contributed by atoms with Gasteiger partial charge < -0.3 is 10.2 Å². The molecule has 0 unspecified atom stereocenters. The number of rotatable bonds is 10. The zero-order chi connectivity index (χ0) is 28.0. The highest BCUT2D eigenvalue weighted by Gasteiger charge is 2.32. The standard InChI is InChI=1S/C29H34BrN3O4S/c1-20(2)31-29(35)23(5)32(18-24-10-9-11-25(30)17-24)28(34)19-33(26-15-14-21(3)22(4)16-26)38(36,37)27-12-7-6-8-13-27/h6-17,20,23H,18-19H2,1-5H3,(H,31,35)/t23-/m0/s1. The van der Waals surface area contributed by atoms with E-state index in [2.05, 4.69) is 21.2 Å². The number of sulfonamides is 1. The largest absolute Gasteiger partial charge is 0.352 e. The smallest absolute Gasteiger partial charge is 0.264 e. The van der Waals surface area contributed by atoms with Crippen molar-refractivity contribution < 1.29 is 18.0 Å². The number of anilines is 1. The predicted octanol–water partition coefficient (Wildman–Crippen LogP) is 5.20. The second-order valence-electron chi connectivity index (χ2n) is 9.58. The van der Waals surface area contributed by atoms with E-state index >= 15 is 0 Å². The van der Waals surface area contributed by atoms with E-state index < -0.39 is 28.5 Å². The first-order valence-corrected chi connectivity index (χ1v) is 14.6. The van der Waals surface area contributed by atoms with Crippen molar-refractivity contribution in [3.63, 3.8) is 0 Å². The van der Waals surface area contributed by atoms with Gasteiger partial charge in [0, 0.05) is 17.1 Å². The number of amides is 2. The van der Waals surface area contributed by atoms with Crippen LogP contribution < -0.4 is 9.62 Å². The van der Waals surface area contributed by atoms with Crippen molar-refractivity contribution in [3.05, 3.63) is 94.0 Å². The molecule has 1 N–H and O–H groups in total. The number of hydrogen-bond acceptors (Lipinski definition) is 4. The van der Waals surface area contributed by atoms with Crippen LogP contribution >= 0.6 is 15.9 Å². The van der Waals surface area contributed by atoms with Crippen LogP contribution in [0.4, 0.5) is 5.69 Å². The van der Waals surface area contributed by atoms with Crippen LogP contribution in [-0.2, 0) is 26.2 Å². The molecule has 0 aliphatic heterocycles. The molecule has 0 aromatic heterocycles. The van der Waals surface area contributed by atoms with Gasteiger partial charge in [-0.25, -0.2) is 8.42 Å². The van der Waals surface area contributed by atoms with E-state index in [9.17, 15) is 18.0 Å². The summed E-state index contributed by atoms with van der Waals surface area (Å²) in [6, 6.07) is 19.8. The average Bonchev–Trinajstić information content (AvgIpc) is 2.87. The van der Waals surface area contributed by atoms with Gasteiger partial charge in [-0.1, -0.05) is 52.3 Å². The van der Waals surface area contributed by atoms with Gasteiger partial charge in [0.1, 0.15) is 12.6 Å². The molecular weight excluding hydrogens is 566 g/mol. The summed E-state index contributed by atoms with van der Waals surface area (Å²) in [5, 5.41) is 2.86. The minimum Gasteiger partial charge on any atom is -0.352 e. The summed E-state index contributed by atoms with van der Waals surface area (Å²) in [5.74, 6) is -0.805. The van der Waals surface area contributed by atoms with Gasteiger partial charge in [0.05, 0.1) is 10.6 Å². The molecule has 1 atom stereocenters. The van der Waals surface area contributed by atoms with Crippen LogP contribution in [0.15, 0.2) is 82.2 Å². The summed E-state index contributed by atoms with van der Waals surface area (Å²) in [6.45, 7) is 8.85. The van der Waals surface area contributed by atoms with Crippen LogP contribution in [0.2, 0.25) is 0 Å². The molecule has 3 rings (SSSR count). The fourth-order valence-electron chi connectivity index (χ4n) is 3.95. The fourth-order valence-corrected chi connectivity index (χ4v) is 5.82. The molecule has 0 radical (unpaired) electrons. The van der Waals surface area contributed by atoms with Gasteiger partial charge in [-0.3, -0.25) is 13.9 Å². The molecular formula is C29H34BrN3O4S. The van der Waals surface area contributed by atoms with Crippen molar-refractivity contribution in [1.82, 2.24) is 10.2 Å². The number of benzene rings is 3. The van der Waals surface area contributed by atoms with E-state index in [1.165, 1.54) is 17.0 Å². The second kappa shape index (κ2) is 12.6. The lowest BCUT2D eigenvalue weighted by molar-refractivity contribution is -0.139. The van der Waals surface area contributed by atoms with Gasteiger partial charge in [0.15, 0.2) is 0 Å². The second-order valence-corrected chi connectivity index (χ2v) is 12.4. The molecule has 0 spiro atoms. The molecule has 0 saturated carbocycles. The van der Waals surface area contributed by atoms with E-state index in [4.69, 9.17) is 0 Å². The minimum atomic E-state index is -4.08. The van der Waals surface area contributed by atoms with Crippen LogP contribution in [-0.4, -0.2) is 43.8 Å². The zero-order valence-corrected chi connectivity index (χ0v) is 24.7. The summed E-state index contributed by atoms with van der Waals surface area (Å²) >= 11 is 3.45. The molecule has 0 saturated heterocycles. The van der Waals surface area contributed by atoms with Crippen LogP contribution in [0, 0.1) is 13.8 Å². The molecule has 9 heteroatoms. The third-order valence-electron chi connectivity index (χ3n) is 6.23. The molecule has 7 nitrogen and oxygen atoms in total. The number of nitrogens with zero attached hydrogens (tertiary/aromatic N) is 2. The summed E-state index contributed by atoms with van der Waals surface area (Å²) in [6.07, 6.45) is 0. The molecule has 3 aromatic rings. The highest BCUT2D eigenvalue weighted by molar-refractivity contribution is 9.10. The summed E-state index contributed by atoms with van der Waals surface area (Å²) < 4.78 is 29.6. The quantitative estimate of drug-likeness (QED) is 0.347. The van der Waals surface area contributed by atoms with Crippen molar-refractivity contribution in [2.45, 2.75) is 58.1 Å². The van der Waals surface area contributed by atoms with E-state index in [0.29, 0.717) is 5.69 Å². The molecule has 3 aromatic carbocycles. The first-order chi connectivity index (χ1) is 17.9. The van der Waals surface area contributed by atoms with Gasteiger partial charge in [-0.05, 0) is 87.7 Å².